The van der Waals surface area contributed by atoms with Gasteiger partial charge in [-0.3, -0.25) is 9.59 Å². The molecule has 0 heterocycles. The molecule has 1 aliphatic carbocycles. The van der Waals surface area contributed by atoms with E-state index in [1.165, 1.54) is 7.11 Å². The van der Waals surface area contributed by atoms with Crippen LogP contribution in [0.4, 0.5) is 17.1 Å². The van der Waals surface area contributed by atoms with Crippen molar-refractivity contribution in [2.75, 3.05) is 36.7 Å². The lowest BCUT2D eigenvalue weighted by Crippen LogP contribution is -2.20. The number of benzene rings is 2. The van der Waals surface area contributed by atoms with Gasteiger partial charge in [-0.2, -0.15) is 0 Å². The third-order valence-electron chi connectivity index (χ3n) is 4.69. The zero-order valence-corrected chi connectivity index (χ0v) is 16.1. The molecule has 28 heavy (non-hydrogen) atoms. The van der Waals surface area contributed by atoms with E-state index in [1.807, 2.05) is 43.3 Å². The molecule has 2 aromatic rings. The third-order valence-corrected chi connectivity index (χ3v) is 4.69. The molecule has 2 amide bonds. The molecule has 0 radical (unpaired) electrons. The quantitative estimate of drug-likeness (QED) is 0.752. The Morgan fingerprint density at radius 3 is 1.75 bits per heavy atom. The Hall–Kier alpha value is -3.35. The molecular formula is C21H23N3O4. The highest BCUT2D eigenvalue weighted by Crippen LogP contribution is 2.40. The molecule has 2 N–H and O–H groups in total. The fourth-order valence-electron chi connectivity index (χ4n) is 2.89. The van der Waals surface area contributed by atoms with Crippen LogP contribution in [-0.4, -0.2) is 39.0 Å². The highest BCUT2D eigenvalue weighted by atomic mass is 16.5. The summed E-state index contributed by atoms with van der Waals surface area (Å²) >= 11 is 0. The molecule has 146 valence electrons. The number of methoxy groups -OCH3 is 1. The number of hydrogen-bond donors (Lipinski definition) is 2. The van der Waals surface area contributed by atoms with Gasteiger partial charge in [0.1, 0.15) is 0 Å². The summed E-state index contributed by atoms with van der Waals surface area (Å²) in [5.74, 6) is -1.47. The molecule has 0 saturated heterocycles. The molecular weight excluding hydrogens is 358 g/mol. The van der Waals surface area contributed by atoms with Gasteiger partial charge in [0.05, 0.1) is 24.5 Å². The monoisotopic (exact) mass is 381 g/mol. The summed E-state index contributed by atoms with van der Waals surface area (Å²) in [5.41, 5.74) is 2.73. The minimum absolute atomic E-state index is 0.154. The van der Waals surface area contributed by atoms with Gasteiger partial charge in [-0.25, -0.2) is 4.79 Å². The fraction of sp³-hybridized carbons (Fsp3) is 0.286. The topological polar surface area (TPSA) is 87.7 Å². The van der Waals surface area contributed by atoms with E-state index in [2.05, 4.69) is 15.4 Å². The Kier molecular flexibility index (Phi) is 5.63. The van der Waals surface area contributed by atoms with Crippen molar-refractivity contribution in [3.05, 3.63) is 54.1 Å². The largest absolute Gasteiger partial charge is 0.465 e. The second kappa shape index (κ2) is 8.12. The summed E-state index contributed by atoms with van der Waals surface area (Å²) in [4.78, 5) is 38.1. The van der Waals surface area contributed by atoms with Gasteiger partial charge in [-0.05, 0) is 55.0 Å². The summed E-state index contributed by atoms with van der Waals surface area (Å²) in [6.45, 7) is 0. The predicted molar refractivity (Wildman–Crippen MR) is 107 cm³/mol. The van der Waals surface area contributed by atoms with Crippen LogP contribution in [0.25, 0.3) is 0 Å². The smallest absolute Gasteiger partial charge is 0.337 e. The minimum atomic E-state index is -0.435. The van der Waals surface area contributed by atoms with Crippen molar-refractivity contribution >= 4 is 34.8 Å². The van der Waals surface area contributed by atoms with Gasteiger partial charge in [0.25, 0.3) is 0 Å². The van der Waals surface area contributed by atoms with Crippen LogP contribution in [0.5, 0.6) is 0 Å². The Labute approximate surface area is 163 Å². The zero-order chi connectivity index (χ0) is 20.3. The standard InChI is InChI=1S/C21H23N3O4/c1-24(2)16-10-8-15(9-11-16)23-20(26)18-12-17(18)19(25)22-14-6-4-13(5-7-14)21(27)28-3/h4-11,17-18H,12H2,1-3H3,(H,22,25)(H,23,26). The van der Waals surface area contributed by atoms with Gasteiger partial charge < -0.3 is 20.3 Å². The Morgan fingerprint density at radius 1 is 0.857 bits per heavy atom. The maximum absolute atomic E-state index is 12.4. The van der Waals surface area contributed by atoms with E-state index in [1.54, 1.807) is 24.3 Å². The number of nitrogens with one attached hydrogen (secondary N) is 2. The van der Waals surface area contributed by atoms with Gasteiger partial charge in [0.15, 0.2) is 0 Å². The van der Waals surface area contributed by atoms with Crippen LogP contribution in [0.2, 0.25) is 0 Å². The van der Waals surface area contributed by atoms with Crippen molar-refractivity contribution in [2.24, 2.45) is 11.8 Å². The molecule has 0 spiro atoms. The fourth-order valence-corrected chi connectivity index (χ4v) is 2.89. The second-order valence-corrected chi connectivity index (χ2v) is 6.94. The minimum Gasteiger partial charge on any atom is -0.465 e. The summed E-state index contributed by atoms with van der Waals surface area (Å²) in [5, 5.41) is 5.64. The number of anilines is 3. The van der Waals surface area contributed by atoms with Crippen molar-refractivity contribution in [3.8, 4) is 0 Å². The Bertz CT molecular complexity index is 876. The van der Waals surface area contributed by atoms with E-state index in [-0.39, 0.29) is 23.7 Å². The van der Waals surface area contributed by atoms with Crippen molar-refractivity contribution in [2.45, 2.75) is 6.42 Å². The SMILES string of the molecule is COC(=O)c1ccc(NC(=O)C2CC2C(=O)Nc2ccc(N(C)C)cc2)cc1. The number of hydrogen-bond acceptors (Lipinski definition) is 5. The molecule has 2 unspecified atom stereocenters. The first-order valence-corrected chi connectivity index (χ1v) is 8.96. The highest BCUT2D eigenvalue weighted by Gasteiger charge is 2.48. The first-order valence-electron chi connectivity index (χ1n) is 8.96. The lowest BCUT2D eigenvalue weighted by Gasteiger charge is -2.13. The molecule has 2 atom stereocenters. The highest BCUT2D eigenvalue weighted by molar-refractivity contribution is 6.03. The van der Waals surface area contributed by atoms with E-state index in [4.69, 9.17) is 0 Å². The van der Waals surface area contributed by atoms with E-state index >= 15 is 0 Å². The summed E-state index contributed by atoms with van der Waals surface area (Å²) in [6, 6.07) is 13.9. The average molecular weight is 381 g/mol. The molecule has 0 aliphatic heterocycles. The third kappa shape index (κ3) is 4.49. The summed E-state index contributed by atoms with van der Waals surface area (Å²) < 4.78 is 4.64. The molecule has 2 aromatic carbocycles. The lowest BCUT2D eigenvalue weighted by molar-refractivity contribution is -0.122. The van der Waals surface area contributed by atoms with Crippen LogP contribution in [-0.2, 0) is 14.3 Å². The van der Waals surface area contributed by atoms with Gasteiger partial charge >= 0.3 is 5.97 Å². The number of amides is 2. The van der Waals surface area contributed by atoms with Crippen molar-refractivity contribution in [3.63, 3.8) is 0 Å². The van der Waals surface area contributed by atoms with Crippen molar-refractivity contribution < 1.29 is 19.1 Å². The van der Waals surface area contributed by atoms with Gasteiger partial charge in [-0.1, -0.05) is 0 Å². The first kappa shape index (κ1) is 19.4. The van der Waals surface area contributed by atoms with Crippen LogP contribution in [0, 0.1) is 11.8 Å². The van der Waals surface area contributed by atoms with E-state index in [9.17, 15) is 14.4 Å². The number of carbonyl (C=O) groups excluding carboxylic acids is 3. The van der Waals surface area contributed by atoms with Crippen LogP contribution < -0.4 is 15.5 Å². The molecule has 7 heteroatoms. The van der Waals surface area contributed by atoms with E-state index < -0.39 is 5.97 Å². The molecule has 7 nitrogen and oxygen atoms in total. The van der Waals surface area contributed by atoms with Crippen molar-refractivity contribution in [1.29, 1.82) is 0 Å². The molecule has 3 rings (SSSR count). The number of carbonyl (C=O) groups is 3. The number of ether oxygens (including phenoxy) is 1. The zero-order valence-electron chi connectivity index (χ0n) is 16.1. The van der Waals surface area contributed by atoms with Crippen LogP contribution in [0.1, 0.15) is 16.8 Å². The Balaban J connectivity index is 1.52. The molecule has 1 fully saturated rings. The van der Waals surface area contributed by atoms with E-state index in [0.717, 1.165) is 5.69 Å². The van der Waals surface area contributed by atoms with Crippen LogP contribution in [0.3, 0.4) is 0 Å². The van der Waals surface area contributed by atoms with Crippen molar-refractivity contribution in [1.82, 2.24) is 0 Å². The average Bonchev–Trinajstić information content (AvgIpc) is 3.49. The normalized spacial score (nSPS) is 17.4. The van der Waals surface area contributed by atoms with Crippen LogP contribution >= 0.6 is 0 Å². The maximum atomic E-state index is 12.4. The lowest BCUT2D eigenvalue weighted by atomic mass is 10.2. The molecule has 0 bridgehead atoms. The maximum Gasteiger partial charge on any atom is 0.337 e. The number of rotatable bonds is 6. The van der Waals surface area contributed by atoms with Gasteiger partial charge in [0, 0.05) is 31.2 Å². The number of nitrogens with zero attached hydrogens (tertiary/aromatic N) is 1. The molecule has 1 saturated carbocycles. The second-order valence-electron chi connectivity index (χ2n) is 6.94. The summed E-state index contributed by atoms with van der Waals surface area (Å²) in [7, 11) is 5.21. The summed E-state index contributed by atoms with van der Waals surface area (Å²) in [6.07, 6.45) is 0.522. The number of esters is 1. The molecule has 1 aliphatic rings. The van der Waals surface area contributed by atoms with Crippen LogP contribution in [0.15, 0.2) is 48.5 Å². The first-order chi connectivity index (χ1) is 13.4. The van der Waals surface area contributed by atoms with Gasteiger partial charge in [0.2, 0.25) is 11.8 Å². The Morgan fingerprint density at radius 2 is 1.32 bits per heavy atom. The van der Waals surface area contributed by atoms with E-state index in [0.29, 0.717) is 23.4 Å². The predicted octanol–water partition coefficient (Wildman–Crippen LogP) is 2.75. The van der Waals surface area contributed by atoms with Gasteiger partial charge in [-0.15, -0.1) is 0 Å². The molecule has 0 aromatic heterocycles.